The highest BCUT2D eigenvalue weighted by molar-refractivity contribution is 5.98. The Morgan fingerprint density at radius 3 is 2.41 bits per heavy atom. The molecule has 0 radical (unpaired) electrons. The smallest absolute Gasteiger partial charge is 0.339 e. The van der Waals surface area contributed by atoms with Crippen molar-refractivity contribution in [1.29, 1.82) is 5.26 Å². The van der Waals surface area contributed by atoms with Crippen molar-refractivity contribution in [2.24, 2.45) is 5.41 Å². The van der Waals surface area contributed by atoms with Gasteiger partial charge in [0.05, 0.1) is 22.9 Å². The van der Waals surface area contributed by atoms with Crippen LogP contribution in [0.1, 0.15) is 47.3 Å². The molecule has 1 aliphatic carbocycles. The van der Waals surface area contributed by atoms with Crippen LogP contribution in [0.25, 0.3) is 5.69 Å². The summed E-state index contributed by atoms with van der Waals surface area (Å²) in [5, 5.41) is 12.7. The Kier molecular flexibility index (Phi) is 3.98. The molecule has 1 aliphatic heterocycles. The van der Waals surface area contributed by atoms with Crippen molar-refractivity contribution < 1.29 is 18.0 Å². The molecule has 1 spiro atoms. The van der Waals surface area contributed by atoms with Crippen LogP contribution in [-0.2, 0) is 6.18 Å². The van der Waals surface area contributed by atoms with Gasteiger partial charge in [-0.1, -0.05) is 0 Å². The van der Waals surface area contributed by atoms with E-state index < -0.39 is 11.9 Å². The molecule has 1 amide bonds. The molecule has 0 bridgehead atoms. The van der Waals surface area contributed by atoms with Crippen LogP contribution in [0, 0.1) is 16.7 Å². The Hall–Kier alpha value is -2.82. The zero-order valence-electron chi connectivity index (χ0n) is 14.5. The maximum Gasteiger partial charge on any atom is 0.435 e. The number of piperidine rings is 1. The summed E-state index contributed by atoms with van der Waals surface area (Å²) in [6.45, 7) is 1.29. The molecule has 0 unspecified atom stereocenters. The molecule has 1 saturated heterocycles. The van der Waals surface area contributed by atoms with Gasteiger partial charge < -0.3 is 4.90 Å². The van der Waals surface area contributed by atoms with Gasteiger partial charge in [-0.3, -0.25) is 4.79 Å². The van der Waals surface area contributed by atoms with Gasteiger partial charge in [0.15, 0.2) is 5.69 Å². The highest BCUT2D eigenvalue weighted by Crippen LogP contribution is 2.53. The summed E-state index contributed by atoms with van der Waals surface area (Å²) in [6.07, 6.45) is 0.934. The lowest BCUT2D eigenvalue weighted by molar-refractivity contribution is -0.141. The minimum Gasteiger partial charge on any atom is -0.339 e. The molecule has 2 aromatic rings. The van der Waals surface area contributed by atoms with E-state index in [0.29, 0.717) is 18.5 Å². The second-order valence-electron chi connectivity index (χ2n) is 7.28. The number of nitriles is 1. The summed E-state index contributed by atoms with van der Waals surface area (Å²) >= 11 is 0. The van der Waals surface area contributed by atoms with Crippen molar-refractivity contribution >= 4 is 5.91 Å². The zero-order chi connectivity index (χ0) is 19.2. The first kappa shape index (κ1) is 17.6. The fraction of sp³-hybridized carbons (Fsp3) is 0.421. The van der Waals surface area contributed by atoms with Gasteiger partial charge in [-0.2, -0.15) is 23.5 Å². The number of rotatable bonds is 2. The van der Waals surface area contributed by atoms with Crippen LogP contribution in [-0.4, -0.2) is 33.7 Å². The Morgan fingerprint density at radius 1 is 1.15 bits per heavy atom. The number of likely N-dealkylation sites (tertiary alicyclic amines) is 1. The van der Waals surface area contributed by atoms with E-state index in [-0.39, 0.29) is 22.7 Å². The van der Waals surface area contributed by atoms with E-state index in [1.807, 2.05) is 6.07 Å². The number of carbonyl (C=O) groups is 1. The molecule has 2 aliphatic rings. The molecular weight excluding hydrogens is 357 g/mol. The van der Waals surface area contributed by atoms with Crippen molar-refractivity contribution in [3.63, 3.8) is 0 Å². The van der Waals surface area contributed by atoms with Gasteiger partial charge in [-0.15, -0.1) is 0 Å². The second kappa shape index (κ2) is 6.12. The van der Waals surface area contributed by atoms with Crippen molar-refractivity contribution in [3.8, 4) is 11.8 Å². The fourth-order valence-corrected chi connectivity index (χ4v) is 3.61. The molecule has 140 valence electrons. The summed E-state index contributed by atoms with van der Waals surface area (Å²) in [5.74, 6) is -0.242. The molecule has 2 heterocycles. The number of nitrogens with zero attached hydrogens (tertiary/aromatic N) is 4. The van der Waals surface area contributed by atoms with Gasteiger partial charge >= 0.3 is 6.18 Å². The summed E-state index contributed by atoms with van der Waals surface area (Å²) in [4.78, 5) is 14.7. The van der Waals surface area contributed by atoms with Crippen molar-refractivity contribution in [2.75, 3.05) is 13.1 Å². The molecule has 0 atom stereocenters. The molecule has 1 aromatic carbocycles. The standard InChI is InChI=1S/C19H17F3N4O/c20-19(21,22)16-3-8-26(24-16)15-11-13(12-23)1-2-14(15)17(27)25-9-6-18(4-5-18)7-10-25/h1-3,8,11H,4-7,9-10H2. The molecule has 2 fully saturated rings. The molecule has 4 rings (SSSR count). The van der Waals surface area contributed by atoms with Crippen LogP contribution in [0.15, 0.2) is 30.5 Å². The topological polar surface area (TPSA) is 61.9 Å². The third-order valence-corrected chi connectivity index (χ3v) is 5.55. The van der Waals surface area contributed by atoms with E-state index in [1.54, 1.807) is 4.90 Å². The molecule has 5 nitrogen and oxygen atoms in total. The first-order chi connectivity index (χ1) is 12.8. The number of amides is 1. The van der Waals surface area contributed by atoms with E-state index in [4.69, 9.17) is 5.26 Å². The first-order valence-corrected chi connectivity index (χ1v) is 8.78. The number of carbonyl (C=O) groups excluding carboxylic acids is 1. The predicted molar refractivity (Wildman–Crippen MR) is 90.1 cm³/mol. The minimum atomic E-state index is -4.58. The molecule has 8 heteroatoms. The highest BCUT2D eigenvalue weighted by Gasteiger charge is 2.45. The zero-order valence-corrected chi connectivity index (χ0v) is 14.5. The Bertz CT molecular complexity index is 927. The normalized spacial score (nSPS) is 18.4. The fourth-order valence-electron chi connectivity index (χ4n) is 3.61. The lowest BCUT2D eigenvalue weighted by atomic mass is 9.93. The van der Waals surface area contributed by atoms with Gasteiger partial charge in [0.2, 0.25) is 0 Å². The quantitative estimate of drug-likeness (QED) is 0.804. The Labute approximate surface area is 154 Å². The second-order valence-corrected chi connectivity index (χ2v) is 7.28. The van der Waals surface area contributed by atoms with Crippen LogP contribution >= 0.6 is 0 Å². The number of alkyl halides is 3. The third-order valence-electron chi connectivity index (χ3n) is 5.55. The van der Waals surface area contributed by atoms with Gasteiger partial charge in [0.1, 0.15) is 0 Å². The van der Waals surface area contributed by atoms with Crippen molar-refractivity contribution in [2.45, 2.75) is 31.9 Å². The summed E-state index contributed by atoms with van der Waals surface area (Å²) in [6, 6.07) is 7.19. The minimum absolute atomic E-state index is 0.182. The Balaban J connectivity index is 1.67. The van der Waals surface area contributed by atoms with E-state index in [0.717, 1.165) is 29.8 Å². The van der Waals surface area contributed by atoms with Gasteiger partial charge in [0, 0.05) is 19.3 Å². The number of hydrogen-bond acceptors (Lipinski definition) is 3. The van der Waals surface area contributed by atoms with Crippen molar-refractivity contribution in [3.05, 3.63) is 47.3 Å². The Morgan fingerprint density at radius 2 is 1.85 bits per heavy atom. The van der Waals surface area contributed by atoms with Gasteiger partial charge in [-0.25, -0.2) is 4.68 Å². The SMILES string of the molecule is N#Cc1ccc(C(=O)N2CCC3(CC2)CC3)c(-n2ccc(C(F)(F)F)n2)c1. The maximum atomic E-state index is 13.0. The van der Waals surface area contributed by atoms with E-state index in [1.165, 1.54) is 31.0 Å². The molecule has 27 heavy (non-hydrogen) atoms. The average molecular weight is 374 g/mol. The van der Waals surface area contributed by atoms with Crippen LogP contribution in [0.5, 0.6) is 0 Å². The number of aromatic nitrogens is 2. The number of hydrogen-bond donors (Lipinski definition) is 0. The monoisotopic (exact) mass is 374 g/mol. The van der Waals surface area contributed by atoms with E-state index in [2.05, 4.69) is 5.10 Å². The number of benzene rings is 1. The average Bonchev–Trinajstić information content (AvgIpc) is 3.20. The maximum absolute atomic E-state index is 13.0. The highest BCUT2D eigenvalue weighted by atomic mass is 19.4. The van der Waals surface area contributed by atoms with Crippen LogP contribution in [0.4, 0.5) is 13.2 Å². The molecule has 1 aromatic heterocycles. The third kappa shape index (κ3) is 3.29. The first-order valence-electron chi connectivity index (χ1n) is 8.78. The van der Waals surface area contributed by atoms with Gasteiger partial charge in [0.25, 0.3) is 5.91 Å². The summed E-state index contributed by atoms with van der Waals surface area (Å²) < 4.78 is 39.7. The summed E-state index contributed by atoms with van der Waals surface area (Å²) in [7, 11) is 0. The van der Waals surface area contributed by atoms with Crippen molar-refractivity contribution in [1.82, 2.24) is 14.7 Å². The lowest BCUT2D eigenvalue weighted by Gasteiger charge is -2.32. The van der Waals surface area contributed by atoms with Crippen LogP contribution < -0.4 is 0 Å². The largest absolute Gasteiger partial charge is 0.435 e. The summed E-state index contributed by atoms with van der Waals surface area (Å²) in [5.41, 5.74) is 0.0466. The number of halogens is 3. The molecular formula is C19H17F3N4O. The van der Waals surface area contributed by atoms with Crippen LogP contribution in [0.2, 0.25) is 0 Å². The molecule has 0 N–H and O–H groups in total. The predicted octanol–water partition coefficient (Wildman–Crippen LogP) is 3.78. The van der Waals surface area contributed by atoms with Gasteiger partial charge in [-0.05, 0) is 55.4 Å². The van der Waals surface area contributed by atoms with E-state index >= 15 is 0 Å². The molecule has 1 saturated carbocycles. The lowest BCUT2D eigenvalue weighted by Crippen LogP contribution is -2.39. The van der Waals surface area contributed by atoms with E-state index in [9.17, 15) is 18.0 Å². The van der Waals surface area contributed by atoms with Crippen LogP contribution in [0.3, 0.4) is 0 Å².